The van der Waals surface area contributed by atoms with Crippen LogP contribution in [0.4, 0.5) is 0 Å². The highest BCUT2D eigenvalue weighted by Crippen LogP contribution is 2.01. The van der Waals surface area contributed by atoms with Crippen molar-refractivity contribution in [2.75, 3.05) is 25.2 Å². The molecule has 0 bridgehead atoms. The minimum absolute atomic E-state index is 0.0357. The third-order valence-corrected chi connectivity index (χ3v) is 2.23. The van der Waals surface area contributed by atoms with Crippen LogP contribution in [0.15, 0.2) is 5.10 Å². The van der Waals surface area contributed by atoms with Crippen LogP contribution in [0.3, 0.4) is 0 Å². The Morgan fingerprint density at radius 1 is 1.62 bits per heavy atom. The van der Waals surface area contributed by atoms with Gasteiger partial charge in [0.2, 0.25) is 5.91 Å². The average molecular weight is 202 g/mol. The monoisotopic (exact) mass is 202 g/mol. The molecule has 0 aromatic carbocycles. The summed E-state index contributed by atoms with van der Waals surface area (Å²) < 4.78 is 5.16. The molecule has 0 radical (unpaired) electrons. The van der Waals surface area contributed by atoms with Crippen LogP contribution in [0.5, 0.6) is 0 Å². The van der Waals surface area contributed by atoms with Gasteiger partial charge in [-0.15, -0.1) is 0 Å². The molecule has 1 saturated heterocycles. The van der Waals surface area contributed by atoms with Crippen molar-refractivity contribution in [3.05, 3.63) is 0 Å². The fourth-order valence-corrected chi connectivity index (χ4v) is 1.35. The van der Waals surface area contributed by atoms with Crippen molar-refractivity contribution in [3.8, 4) is 0 Å². The topological polar surface area (TPSA) is 50.7 Å². The minimum atomic E-state index is -0.0357. The Balaban J connectivity index is 2.25. The summed E-state index contributed by atoms with van der Waals surface area (Å²) in [6.07, 6.45) is 3.56. The van der Waals surface area contributed by atoms with Crippen molar-refractivity contribution in [2.24, 2.45) is 5.10 Å². The van der Waals surface area contributed by atoms with E-state index in [0.29, 0.717) is 5.75 Å². The molecule has 1 rings (SSSR count). The van der Waals surface area contributed by atoms with E-state index in [-0.39, 0.29) is 5.91 Å². The van der Waals surface area contributed by atoms with E-state index >= 15 is 0 Å². The lowest BCUT2D eigenvalue weighted by Gasteiger charge is -2.12. The third-order valence-electron chi connectivity index (χ3n) is 1.68. The molecule has 1 amide bonds. The molecule has 74 valence electrons. The van der Waals surface area contributed by atoms with Crippen LogP contribution in [-0.4, -0.2) is 36.8 Å². The summed E-state index contributed by atoms with van der Waals surface area (Å²) in [7, 11) is 0. The first-order valence-electron chi connectivity index (χ1n) is 4.24. The van der Waals surface area contributed by atoms with Crippen molar-refractivity contribution in [1.82, 2.24) is 5.43 Å². The number of hydrogen-bond donors (Lipinski definition) is 1. The second-order valence-corrected chi connectivity index (χ2v) is 3.62. The van der Waals surface area contributed by atoms with Crippen molar-refractivity contribution >= 4 is 23.4 Å². The van der Waals surface area contributed by atoms with Crippen molar-refractivity contribution in [3.63, 3.8) is 0 Å². The molecule has 1 aliphatic rings. The number of thioether (sulfide) groups is 1. The van der Waals surface area contributed by atoms with Gasteiger partial charge in [-0.05, 0) is 6.26 Å². The number of carbonyl (C=O) groups excluding carboxylic acids is 1. The van der Waals surface area contributed by atoms with Gasteiger partial charge in [-0.1, -0.05) is 0 Å². The first kappa shape index (κ1) is 10.5. The maximum absolute atomic E-state index is 11.0. The number of ether oxygens (including phenoxy) is 1. The molecule has 0 unspecified atom stereocenters. The molecule has 0 spiro atoms. The highest BCUT2D eigenvalue weighted by atomic mass is 32.2. The molecule has 0 saturated carbocycles. The lowest BCUT2D eigenvalue weighted by molar-refractivity contribution is -0.118. The second-order valence-electron chi connectivity index (χ2n) is 2.76. The first-order valence-corrected chi connectivity index (χ1v) is 5.63. The van der Waals surface area contributed by atoms with E-state index in [1.54, 1.807) is 0 Å². The average Bonchev–Trinajstić information content (AvgIpc) is 2.17. The smallest absolute Gasteiger partial charge is 0.250 e. The van der Waals surface area contributed by atoms with Crippen LogP contribution in [0.1, 0.15) is 12.8 Å². The normalized spacial score (nSPS) is 16.8. The summed E-state index contributed by atoms with van der Waals surface area (Å²) in [4.78, 5) is 11.0. The number of hydrogen-bond acceptors (Lipinski definition) is 4. The molecular formula is C8H14N2O2S. The molecule has 0 aromatic heterocycles. The van der Waals surface area contributed by atoms with Gasteiger partial charge in [0, 0.05) is 18.6 Å². The maximum Gasteiger partial charge on any atom is 0.250 e. The fourth-order valence-electron chi connectivity index (χ4n) is 1.02. The molecule has 5 heteroatoms. The summed E-state index contributed by atoms with van der Waals surface area (Å²) in [5.41, 5.74) is 3.55. The molecule has 13 heavy (non-hydrogen) atoms. The van der Waals surface area contributed by atoms with Crippen LogP contribution in [0.25, 0.3) is 0 Å². The quantitative estimate of drug-likeness (QED) is 0.683. The Morgan fingerprint density at radius 3 is 2.92 bits per heavy atom. The number of nitrogens with one attached hydrogen (secondary N) is 1. The van der Waals surface area contributed by atoms with Gasteiger partial charge in [-0.3, -0.25) is 4.79 Å². The van der Waals surface area contributed by atoms with Gasteiger partial charge >= 0.3 is 0 Å². The zero-order valence-corrected chi connectivity index (χ0v) is 8.52. The fraction of sp³-hybridized carbons (Fsp3) is 0.750. The van der Waals surface area contributed by atoms with Gasteiger partial charge in [0.05, 0.1) is 19.0 Å². The number of hydrazone groups is 1. The number of amides is 1. The molecule has 1 aliphatic heterocycles. The van der Waals surface area contributed by atoms with Crippen LogP contribution in [0, 0.1) is 0 Å². The second kappa shape index (κ2) is 5.99. The van der Waals surface area contributed by atoms with E-state index in [0.717, 1.165) is 31.8 Å². The summed E-state index contributed by atoms with van der Waals surface area (Å²) in [6, 6.07) is 0. The Morgan fingerprint density at radius 2 is 2.31 bits per heavy atom. The van der Waals surface area contributed by atoms with Crippen LogP contribution in [0.2, 0.25) is 0 Å². The van der Waals surface area contributed by atoms with Crippen molar-refractivity contribution in [2.45, 2.75) is 12.8 Å². The highest BCUT2D eigenvalue weighted by molar-refractivity contribution is 7.99. The van der Waals surface area contributed by atoms with Crippen LogP contribution >= 0.6 is 11.8 Å². The van der Waals surface area contributed by atoms with Crippen LogP contribution < -0.4 is 5.43 Å². The number of carbonyl (C=O) groups is 1. The van der Waals surface area contributed by atoms with Crippen molar-refractivity contribution in [1.29, 1.82) is 0 Å². The summed E-state index contributed by atoms with van der Waals surface area (Å²) in [5.74, 6) is 0.430. The standard InChI is InChI=1S/C8H14N2O2S/c1-13-6-8(11)10-9-7-2-4-12-5-3-7/h2-6H2,1H3,(H,10,11). The van der Waals surface area contributed by atoms with Crippen molar-refractivity contribution < 1.29 is 9.53 Å². The SMILES string of the molecule is CSCC(=O)NN=C1CCOCC1. The minimum Gasteiger partial charge on any atom is -0.381 e. The molecule has 0 aliphatic carbocycles. The zero-order chi connectivity index (χ0) is 9.52. The van der Waals surface area contributed by atoms with Gasteiger partial charge in [0.15, 0.2) is 0 Å². The Labute approximate surface area is 82.1 Å². The first-order chi connectivity index (χ1) is 6.33. The van der Waals surface area contributed by atoms with E-state index < -0.39 is 0 Å². The Hall–Kier alpha value is -0.550. The number of rotatable bonds is 3. The van der Waals surface area contributed by atoms with Gasteiger partial charge in [0.1, 0.15) is 0 Å². The van der Waals surface area contributed by atoms with E-state index in [9.17, 15) is 4.79 Å². The predicted molar refractivity (Wildman–Crippen MR) is 54.0 cm³/mol. The molecule has 1 heterocycles. The lowest BCUT2D eigenvalue weighted by atomic mass is 10.2. The summed E-state index contributed by atoms with van der Waals surface area (Å²) in [6.45, 7) is 1.44. The maximum atomic E-state index is 11.0. The van der Waals surface area contributed by atoms with Gasteiger partial charge in [-0.2, -0.15) is 16.9 Å². The molecule has 0 aromatic rings. The zero-order valence-electron chi connectivity index (χ0n) is 7.71. The summed E-state index contributed by atoms with van der Waals surface area (Å²) >= 11 is 1.49. The number of nitrogens with zero attached hydrogens (tertiary/aromatic N) is 1. The predicted octanol–water partition coefficient (Wildman–Crippen LogP) is 0.632. The summed E-state index contributed by atoms with van der Waals surface area (Å²) in [5, 5.41) is 4.03. The molecule has 1 fully saturated rings. The molecule has 1 N–H and O–H groups in total. The van der Waals surface area contributed by atoms with E-state index in [4.69, 9.17) is 4.74 Å². The van der Waals surface area contributed by atoms with E-state index in [1.165, 1.54) is 11.8 Å². The third kappa shape index (κ3) is 4.28. The molecule has 0 atom stereocenters. The van der Waals surface area contributed by atoms with Gasteiger partial charge in [0.25, 0.3) is 0 Å². The van der Waals surface area contributed by atoms with E-state index in [1.807, 2.05) is 6.26 Å². The van der Waals surface area contributed by atoms with E-state index in [2.05, 4.69) is 10.5 Å². The van der Waals surface area contributed by atoms with Gasteiger partial charge < -0.3 is 4.74 Å². The largest absolute Gasteiger partial charge is 0.381 e. The molecule has 4 nitrogen and oxygen atoms in total. The Kier molecular flexibility index (Phi) is 4.85. The molecular weight excluding hydrogens is 188 g/mol. The lowest BCUT2D eigenvalue weighted by Crippen LogP contribution is -2.24. The van der Waals surface area contributed by atoms with Gasteiger partial charge in [-0.25, -0.2) is 5.43 Å². The Bertz CT molecular complexity index is 198. The highest BCUT2D eigenvalue weighted by Gasteiger charge is 2.07. The van der Waals surface area contributed by atoms with Crippen LogP contribution in [-0.2, 0) is 9.53 Å².